The molecule has 2 rings (SSSR count). The highest BCUT2D eigenvalue weighted by Gasteiger charge is 2.34. The van der Waals surface area contributed by atoms with Gasteiger partial charge in [0.05, 0.1) is 5.54 Å². The second kappa shape index (κ2) is 7.34. The molecule has 106 valence electrons. The van der Waals surface area contributed by atoms with Crippen molar-refractivity contribution >= 4 is 18.3 Å². The lowest BCUT2D eigenvalue weighted by atomic mass is 9.82. The summed E-state index contributed by atoms with van der Waals surface area (Å²) in [6.07, 6.45) is 11.8. The fraction of sp³-hybridized carbons (Fsp3) is 0.929. The minimum absolute atomic E-state index is 0. The number of rotatable bonds is 4. The summed E-state index contributed by atoms with van der Waals surface area (Å²) in [7, 11) is 0. The van der Waals surface area contributed by atoms with E-state index >= 15 is 0 Å². The Morgan fingerprint density at radius 3 is 2.33 bits per heavy atom. The zero-order chi connectivity index (χ0) is 12.1. The molecule has 3 N–H and O–H groups in total. The molecule has 2 saturated carbocycles. The Kier molecular flexibility index (Phi) is 6.44. The Bertz CT molecular complexity index is 259. The summed E-state index contributed by atoms with van der Waals surface area (Å²) in [6, 6.07) is 0. The van der Waals surface area contributed by atoms with E-state index in [0.717, 1.165) is 44.6 Å². The summed E-state index contributed by atoms with van der Waals surface area (Å²) in [5, 5.41) is 3.06. The van der Waals surface area contributed by atoms with Gasteiger partial charge in [-0.1, -0.05) is 44.9 Å². The van der Waals surface area contributed by atoms with Crippen molar-refractivity contribution in [3.05, 3.63) is 0 Å². The molecular formula is C14H27ClN2O. The van der Waals surface area contributed by atoms with E-state index in [0.29, 0.717) is 0 Å². The van der Waals surface area contributed by atoms with Gasteiger partial charge >= 0.3 is 0 Å². The van der Waals surface area contributed by atoms with Crippen LogP contribution >= 0.6 is 12.4 Å². The van der Waals surface area contributed by atoms with Crippen molar-refractivity contribution in [1.29, 1.82) is 0 Å². The molecule has 1 amide bonds. The summed E-state index contributed by atoms with van der Waals surface area (Å²) < 4.78 is 0. The van der Waals surface area contributed by atoms with Gasteiger partial charge in [-0.05, 0) is 25.2 Å². The van der Waals surface area contributed by atoms with Crippen molar-refractivity contribution < 1.29 is 4.79 Å². The number of carbonyl (C=O) groups is 1. The van der Waals surface area contributed by atoms with Gasteiger partial charge < -0.3 is 11.1 Å². The molecule has 2 fully saturated rings. The molecule has 0 unspecified atom stereocenters. The van der Waals surface area contributed by atoms with E-state index in [9.17, 15) is 4.79 Å². The molecule has 0 radical (unpaired) electrons. The third-order valence-electron chi connectivity index (χ3n) is 4.51. The van der Waals surface area contributed by atoms with Crippen LogP contribution in [0.25, 0.3) is 0 Å². The first-order valence-electron chi connectivity index (χ1n) is 7.28. The second-order valence-electron chi connectivity index (χ2n) is 5.91. The van der Waals surface area contributed by atoms with Crippen molar-refractivity contribution in [2.45, 2.75) is 69.7 Å². The topological polar surface area (TPSA) is 55.1 Å². The average molecular weight is 275 g/mol. The maximum absolute atomic E-state index is 12.1. The van der Waals surface area contributed by atoms with Crippen LogP contribution in [0.5, 0.6) is 0 Å². The zero-order valence-electron chi connectivity index (χ0n) is 11.2. The molecule has 0 aromatic heterocycles. The molecule has 0 atom stereocenters. The van der Waals surface area contributed by atoms with E-state index in [1.807, 2.05) is 0 Å². The Hall–Kier alpha value is -0.280. The Labute approximate surface area is 117 Å². The van der Waals surface area contributed by atoms with E-state index in [2.05, 4.69) is 5.32 Å². The van der Waals surface area contributed by atoms with Crippen LogP contribution in [0.1, 0.15) is 64.2 Å². The molecule has 0 spiro atoms. The SMILES string of the molecule is Cl.NC1(C(=O)NCCC2CCCC2)CCCCC1. The summed E-state index contributed by atoms with van der Waals surface area (Å²) in [5.41, 5.74) is 5.62. The van der Waals surface area contributed by atoms with Gasteiger partial charge in [0.2, 0.25) is 5.91 Å². The lowest BCUT2D eigenvalue weighted by molar-refractivity contribution is -0.127. The zero-order valence-corrected chi connectivity index (χ0v) is 12.1. The predicted molar refractivity (Wildman–Crippen MR) is 76.8 cm³/mol. The molecule has 2 aliphatic carbocycles. The van der Waals surface area contributed by atoms with Crippen molar-refractivity contribution in [1.82, 2.24) is 5.32 Å². The smallest absolute Gasteiger partial charge is 0.240 e. The molecule has 0 heterocycles. The first-order valence-corrected chi connectivity index (χ1v) is 7.28. The quantitative estimate of drug-likeness (QED) is 0.828. The van der Waals surface area contributed by atoms with Crippen LogP contribution in [0.4, 0.5) is 0 Å². The van der Waals surface area contributed by atoms with Crippen molar-refractivity contribution in [3.63, 3.8) is 0 Å². The Balaban J connectivity index is 0.00000162. The average Bonchev–Trinajstić information content (AvgIpc) is 2.83. The van der Waals surface area contributed by atoms with Crippen LogP contribution in [-0.4, -0.2) is 18.0 Å². The fourth-order valence-electron chi connectivity index (χ4n) is 3.27. The number of halogens is 1. The Morgan fingerprint density at radius 2 is 1.72 bits per heavy atom. The standard InChI is InChI=1S/C14H26N2O.ClH/c15-14(9-4-1-5-10-14)13(17)16-11-8-12-6-2-3-7-12;/h12H,1-11,15H2,(H,16,17);1H. The van der Waals surface area contributed by atoms with Crippen LogP contribution < -0.4 is 11.1 Å². The van der Waals surface area contributed by atoms with E-state index in [1.54, 1.807) is 0 Å². The minimum atomic E-state index is -0.562. The molecule has 2 aliphatic rings. The van der Waals surface area contributed by atoms with Gasteiger partial charge in [0.25, 0.3) is 0 Å². The summed E-state index contributed by atoms with van der Waals surface area (Å²) in [4.78, 5) is 12.1. The third-order valence-corrected chi connectivity index (χ3v) is 4.51. The number of hydrogen-bond acceptors (Lipinski definition) is 2. The van der Waals surface area contributed by atoms with Gasteiger partial charge in [-0.3, -0.25) is 4.79 Å². The number of carbonyl (C=O) groups excluding carboxylic acids is 1. The highest BCUT2D eigenvalue weighted by Crippen LogP contribution is 2.28. The van der Waals surface area contributed by atoms with Crippen molar-refractivity contribution in [2.75, 3.05) is 6.54 Å². The van der Waals surface area contributed by atoms with Gasteiger partial charge in [-0.2, -0.15) is 0 Å². The fourth-order valence-corrected chi connectivity index (χ4v) is 3.27. The summed E-state index contributed by atoms with van der Waals surface area (Å²) >= 11 is 0. The first-order chi connectivity index (χ1) is 8.21. The van der Waals surface area contributed by atoms with Crippen LogP contribution in [0, 0.1) is 5.92 Å². The lowest BCUT2D eigenvalue weighted by Gasteiger charge is -2.31. The lowest BCUT2D eigenvalue weighted by Crippen LogP contribution is -2.55. The molecule has 0 saturated heterocycles. The Morgan fingerprint density at radius 1 is 1.11 bits per heavy atom. The molecule has 3 nitrogen and oxygen atoms in total. The van der Waals surface area contributed by atoms with Gasteiger partial charge in [-0.25, -0.2) is 0 Å². The normalized spacial score (nSPS) is 23.4. The number of hydrogen-bond donors (Lipinski definition) is 2. The number of nitrogens with two attached hydrogens (primary N) is 1. The molecule has 0 aromatic carbocycles. The van der Waals surface area contributed by atoms with Crippen LogP contribution in [0.15, 0.2) is 0 Å². The van der Waals surface area contributed by atoms with Gasteiger partial charge in [0.15, 0.2) is 0 Å². The van der Waals surface area contributed by atoms with E-state index in [-0.39, 0.29) is 18.3 Å². The third kappa shape index (κ3) is 4.13. The maximum Gasteiger partial charge on any atom is 0.240 e. The molecule has 18 heavy (non-hydrogen) atoms. The molecule has 4 heteroatoms. The van der Waals surface area contributed by atoms with Gasteiger partial charge in [-0.15, -0.1) is 12.4 Å². The van der Waals surface area contributed by atoms with E-state index in [4.69, 9.17) is 5.73 Å². The summed E-state index contributed by atoms with van der Waals surface area (Å²) in [6.45, 7) is 0.822. The van der Waals surface area contributed by atoms with E-state index < -0.39 is 5.54 Å². The summed E-state index contributed by atoms with van der Waals surface area (Å²) in [5.74, 6) is 0.936. The molecular weight excluding hydrogens is 248 g/mol. The monoisotopic (exact) mass is 274 g/mol. The first kappa shape index (κ1) is 15.8. The predicted octanol–water partition coefficient (Wildman–Crippen LogP) is 2.77. The second-order valence-corrected chi connectivity index (χ2v) is 5.91. The number of nitrogens with one attached hydrogen (secondary N) is 1. The largest absolute Gasteiger partial charge is 0.354 e. The van der Waals surface area contributed by atoms with Gasteiger partial charge in [0, 0.05) is 6.54 Å². The van der Waals surface area contributed by atoms with Crippen LogP contribution in [0.3, 0.4) is 0 Å². The number of amides is 1. The highest BCUT2D eigenvalue weighted by atomic mass is 35.5. The maximum atomic E-state index is 12.1. The highest BCUT2D eigenvalue weighted by molar-refractivity contribution is 5.86. The van der Waals surface area contributed by atoms with Gasteiger partial charge in [0.1, 0.15) is 0 Å². The van der Waals surface area contributed by atoms with Crippen LogP contribution in [0.2, 0.25) is 0 Å². The van der Waals surface area contributed by atoms with Crippen molar-refractivity contribution in [3.8, 4) is 0 Å². The molecule has 0 aromatic rings. The van der Waals surface area contributed by atoms with Crippen molar-refractivity contribution in [2.24, 2.45) is 11.7 Å². The molecule has 0 bridgehead atoms. The molecule has 0 aliphatic heterocycles. The van der Waals surface area contributed by atoms with Crippen LogP contribution in [-0.2, 0) is 4.79 Å². The van der Waals surface area contributed by atoms with E-state index in [1.165, 1.54) is 32.1 Å². The minimum Gasteiger partial charge on any atom is -0.354 e.